The number of ether oxygens (including phenoxy) is 3. The number of nitriles is 1. The fraction of sp³-hybridized carbons (Fsp3) is 0.474. The van der Waals surface area contributed by atoms with Crippen molar-refractivity contribution in [2.45, 2.75) is 58.4 Å². The Morgan fingerprint density at radius 3 is 2.72 bits per heavy atom. The lowest BCUT2D eigenvalue weighted by molar-refractivity contribution is -0.121. The second kappa shape index (κ2) is 10.4. The third-order valence-corrected chi connectivity index (χ3v) is 3.78. The average molecular weight is 401 g/mol. The normalized spacial score (nSPS) is 15.6. The number of esters is 1. The molecule has 1 amide bonds. The minimum absolute atomic E-state index is 0.108. The molecule has 2 atom stereocenters. The van der Waals surface area contributed by atoms with Gasteiger partial charge in [0.2, 0.25) is 12.2 Å². The first kappa shape index (κ1) is 22.1. The van der Waals surface area contributed by atoms with Gasteiger partial charge in [-0.05, 0) is 31.9 Å². The first-order valence-electron chi connectivity index (χ1n) is 9.16. The summed E-state index contributed by atoms with van der Waals surface area (Å²) in [6.07, 6.45) is -1.78. The van der Waals surface area contributed by atoms with Crippen LogP contribution in [0.15, 0.2) is 18.2 Å². The van der Waals surface area contributed by atoms with Crippen LogP contribution in [0.4, 0.5) is 4.79 Å². The maximum absolute atomic E-state index is 12.5. The third-order valence-electron chi connectivity index (χ3n) is 3.78. The second-order valence-electron chi connectivity index (χ2n) is 6.59. The molecule has 0 saturated carbocycles. The molecule has 2 rings (SSSR count). The van der Waals surface area contributed by atoms with Gasteiger partial charge in [-0.3, -0.25) is 4.79 Å². The van der Waals surface area contributed by atoms with E-state index in [1.807, 2.05) is 6.07 Å². The Kier molecular flexibility index (Phi) is 7.89. The molecule has 1 aromatic carbocycles. The van der Waals surface area contributed by atoms with Gasteiger partial charge in [0.1, 0.15) is 11.3 Å². The van der Waals surface area contributed by atoms with Gasteiger partial charge >= 0.3 is 19.6 Å². The lowest BCUT2D eigenvalue weighted by atomic mass is 9.79. The average Bonchev–Trinajstić information content (AvgIpc) is 2.64. The summed E-state index contributed by atoms with van der Waals surface area (Å²) in [6.45, 7) is 4.73. The van der Waals surface area contributed by atoms with Gasteiger partial charge in [0.05, 0.1) is 12.2 Å². The third kappa shape index (κ3) is 6.71. The van der Waals surface area contributed by atoms with E-state index in [1.54, 1.807) is 26.0 Å². The lowest BCUT2D eigenvalue weighted by Gasteiger charge is -2.26. The predicted molar refractivity (Wildman–Crippen MR) is 101 cm³/mol. The summed E-state index contributed by atoms with van der Waals surface area (Å²) >= 11 is 0. The van der Waals surface area contributed by atoms with Crippen molar-refractivity contribution in [2.24, 2.45) is 0 Å². The summed E-state index contributed by atoms with van der Waals surface area (Å²) in [6, 6.07) is 6.88. The van der Waals surface area contributed by atoms with Crippen molar-refractivity contribution >= 4 is 25.5 Å². The summed E-state index contributed by atoms with van der Waals surface area (Å²) in [5, 5.41) is 11.3. The first-order chi connectivity index (χ1) is 13.8. The van der Waals surface area contributed by atoms with Crippen molar-refractivity contribution in [3.63, 3.8) is 0 Å². The quantitative estimate of drug-likeness (QED) is 0.418. The molecule has 0 spiro atoms. The number of benzene rings is 1. The Bertz CT molecular complexity index is 806. The van der Waals surface area contributed by atoms with Gasteiger partial charge in [0, 0.05) is 25.7 Å². The zero-order chi connectivity index (χ0) is 21.4. The first-order valence-corrected chi connectivity index (χ1v) is 9.16. The summed E-state index contributed by atoms with van der Waals surface area (Å²) < 4.78 is 20.4. The van der Waals surface area contributed by atoms with Gasteiger partial charge in [-0.1, -0.05) is 12.1 Å². The highest BCUT2D eigenvalue weighted by atomic mass is 16.8. The van der Waals surface area contributed by atoms with Crippen molar-refractivity contribution in [2.75, 3.05) is 0 Å². The minimum Gasteiger partial charge on any atom is -0.560 e. The SMILES string of the molecule is CC(C)OC(=O)OC(C)OC(=O)c1cccc2c1O[B]C(NC(=O)CCC#N)C2. The number of carbonyl (C=O) groups excluding carboxylic acids is 3. The largest absolute Gasteiger partial charge is 0.560 e. The molecule has 9 nitrogen and oxygen atoms in total. The van der Waals surface area contributed by atoms with Crippen molar-refractivity contribution in [1.29, 1.82) is 5.26 Å². The Labute approximate surface area is 169 Å². The second-order valence-corrected chi connectivity index (χ2v) is 6.59. The molecule has 153 valence electrons. The molecule has 1 radical (unpaired) electrons. The highest BCUT2D eigenvalue weighted by molar-refractivity contribution is 6.32. The van der Waals surface area contributed by atoms with E-state index in [4.69, 9.17) is 24.1 Å². The van der Waals surface area contributed by atoms with E-state index in [9.17, 15) is 14.4 Å². The smallest absolute Gasteiger partial charge is 0.511 e. The van der Waals surface area contributed by atoms with Crippen LogP contribution in [0, 0.1) is 11.3 Å². The molecule has 1 aliphatic heterocycles. The molecule has 1 N–H and O–H groups in total. The van der Waals surface area contributed by atoms with E-state index in [0.29, 0.717) is 17.7 Å². The van der Waals surface area contributed by atoms with Gasteiger partial charge in [-0.25, -0.2) is 9.59 Å². The number of hydrogen-bond donors (Lipinski definition) is 1. The van der Waals surface area contributed by atoms with Crippen LogP contribution < -0.4 is 9.97 Å². The lowest BCUT2D eigenvalue weighted by Crippen LogP contribution is -2.45. The number of carbonyl (C=O) groups is 3. The molecule has 10 heteroatoms. The van der Waals surface area contributed by atoms with E-state index in [-0.39, 0.29) is 36.4 Å². The van der Waals surface area contributed by atoms with E-state index in [0.717, 1.165) is 0 Å². The van der Waals surface area contributed by atoms with Crippen LogP contribution in [0.25, 0.3) is 0 Å². The van der Waals surface area contributed by atoms with Crippen LogP contribution in [0.5, 0.6) is 5.75 Å². The van der Waals surface area contributed by atoms with Crippen molar-refractivity contribution < 1.29 is 33.2 Å². The molecule has 1 aliphatic rings. The van der Waals surface area contributed by atoms with Crippen LogP contribution in [-0.4, -0.2) is 43.8 Å². The number of hydrogen-bond acceptors (Lipinski definition) is 8. The Morgan fingerprint density at radius 1 is 1.28 bits per heavy atom. The highest BCUT2D eigenvalue weighted by Crippen LogP contribution is 2.29. The van der Waals surface area contributed by atoms with E-state index in [2.05, 4.69) is 5.32 Å². The Hall–Kier alpha value is -3.22. The van der Waals surface area contributed by atoms with Gasteiger partial charge in [0.25, 0.3) is 0 Å². The van der Waals surface area contributed by atoms with E-state index in [1.165, 1.54) is 20.5 Å². The Morgan fingerprint density at radius 2 is 2.03 bits per heavy atom. The maximum atomic E-state index is 12.5. The van der Waals surface area contributed by atoms with Gasteiger partial charge in [-0.15, -0.1) is 0 Å². The summed E-state index contributed by atoms with van der Waals surface area (Å²) in [7, 11) is 1.42. The number of nitrogens with one attached hydrogen (secondary N) is 1. The summed E-state index contributed by atoms with van der Waals surface area (Å²) in [5.41, 5.74) is 0.876. The molecule has 1 heterocycles. The molecule has 2 unspecified atom stereocenters. The van der Waals surface area contributed by atoms with Gasteiger partial charge < -0.3 is 24.2 Å². The van der Waals surface area contributed by atoms with Crippen LogP contribution in [0.3, 0.4) is 0 Å². The molecule has 0 aromatic heterocycles. The summed E-state index contributed by atoms with van der Waals surface area (Å²) in [5.74, 6) is -1.05. The predicted octanol–water partition coefficient (Wildman–Crippen LogP) is 2.05. The van der Waals surface area contributed by atoms with Crippen LogP contribution in [-0.2, 0) is 25.4 Å². The van der Waals surface area contributed by atoms with Crippen molar-refractivity contribution in [1.82, 2.24) is 5.32 Å². The number of para-hydroxylation sites is 1. The molecule has 1 aromatic rings. The molecule has 29 heavy (non-hydrogen) atoms. The molecule has 0 fully saturated rings. The molecule has 0 aliphatic carbocycles. The van der Waals surface area contributed by atoms with E-state index >= 15 is 0 Å². The topological polar surface area (TPSA) is 124 Å². The minimum atomic E-state index is -1.15. The summed E-state index contributed by atoms with van der Waals surface area (Å²) in [4.78, 5) is 35.7. The molecule has 0 bridgehead atoms. The number of rotatable bonds is 7. The monoisotopic (exact) mass is 401 g/mol. The molecular formula is C19H22BN2O7. The van der Waals surface area contributed by atoms with Crippen LogP contribution in [0.2, 0.25) is 0 Å². The van der Waals surface area contributed by atoms with Gasteiger partial charge in [-0.2, -0.15) is 5.26 Å². The number of nitrogens with zero attached hydrogens (tertiary/aromatic N) is 1. The van der Waals surface area contributed by atoms with Crippen LogP contribution in [0.1, 0.15) is 49.5 Å². The van der Waals surface area contributed by atoms with Gasteiger partial charge in [0.15, 0.2) is 0 Å². The number of fused-ring (bicyclic) bond motifs is 1. The maximum Gasteiger partial charge on any atom is 0.511 e. The molecular weight excluding hydrogens is 379 g/mol. The van der Waals surface area contributed by atoms with Crippen molar-refractivity contribution in [3.8, 4) is 11.8 Å². The zero-order valence-electron chi connectivity index (χ0n) is 16.5. The van der Waals surface area contributed by atoms with Crippen molar-refractivity contribution in [3.05, 3.63) is 29.3 Å². The standard InChI is InChI=1S/C19H22BN2O7/c1-11(2)26-19(25)28-12(3)27-18(24)14-7-4-6-13-10-15(20-29-17(13)14)22-16(23)8-5-9-21/h4,6-7,11-12,15H,5,8,10H2,1-3H3,(H,22,23). The zero-order valence-corrected chi connectivity index (χ0v) is 16.5. The van der Waals surface area contributed by atoms with Crippen LogP contribution >= 0.6 is 0 Å². The number of amides is 1. The fourth-order valence-corrected chi connectivity index (χ4v) is 2.61. The van der Waals surface area contributed by atoms with E-state index < -0.39 is 18.4 Å². The molecule has 0 saturated heterocycles. The Balaban J connectivity index is 1.98. The fourth-order valence-electron chi connectivity index (χ4n) is 2.61. The highest BCUT2D eigenvalue weighted by Gasteiger charge is 2.28.